The van der Waals surface area contributed by atoms with E-state index in [9.17, 15) is 10.2 Å². The Morgan fingerprint density at radius 3 is 1.27 bits per heavy atom. The first-order valence-corrected chi connectivity index (χ1v) is 6.39. The van der Waals surface area contributed by atoms with Crippen molar-refractivity contribution in [2.24, 2.45) is 0 Å². The fourth-order valence-electron chi connectivity index (χ4n) is 1.78. The zero-order valence-corrected chi connectivity index (χ0v) is 11.6. The summed E-state index contributed by atoms with van der Waals surface area (Å²) < 4.78 is 0. The minimum Gasteiger partial charge on any atom is -0.508 e. The van der Waals surface area contributed by atoms with Crippen molar-refractivity contribution in [1.82, 2.24) is 0 Å². The molecule has 0 aliphatic rings. The van der Waals surface area contributed by atoms with E-state index in [0.29, 0.717) is 0 Å². The lowest BCUT2D eigenvalue weighted by Gasteiger charge is -2.00. The molecule has 0 saturated heterocycles. The zero-order valence-electron chi connectivity index (χ0n) is 11.6. The maximum Gasteiger partial charge on any atom is 0.195 e. The molecule has 2 N–H and O–H groups in total. The van der Waals surface area contributed by atoms with Crippen LogP contribution in [0.4, 0.5) is 0 Å². The van der Waals surface area contributed by atoms with Gasteiger partial charge in [-0.1, -0.05) is 36.4 Å². The molecule has 106 valence electrons. The summed E-state index contributed by atoms with van der Waals surface area (Å²) in [7, 11) is 0. The van der Waals surface area contributed by atoms with E-state index >= 15 is 0 Å². The summed E-state index contributed by atoms with van der Waals surface area (Å²) in [5, 5.41) is 18.5. The number of hydrogen-bond donors (Lipinski definition) is 2. The van der Waals surface area contributed by atoms with Crippen molar-refractivity contribution in [3.8, 4) is 11.5 Å². The molecule has 0 aliphatic heterocycles. The van der Waals surface area contributed by atoms with Crippen LogP contribution in [0.2, 0.25) is 0 Å². The number of benzene rings is 2. The Hall–Kier alpha value is -3.50. The fourth-order valence-corrected chi connectivity index (χ4v) is 1.78. The zero-order chi connectivity index (χ0) is 15.9. The molecule has 0 bridgehead atoms. The van der Waals surface area contributed by atoms with Gasteiger partial charge in [0.1, 0.15) is 11.5 Å². The van der Waals surface area contributed by atoms with Gasteiger partial charge in [-0.3, -0.25) is 9.69 Å². The van der Waals surface area contributed by atoms with Gasteiger partial charge in [0.25, 0.3) is 0 Å². The number of rotatable bonds is 3. The summed E-state index contributed by atoms with van der Waals surface area (Å²) in [6.07, 6.45) is 3.19. The first-order valence-electron chi connectivity index (χ1n) is 6.39. The first kappa shape index (κ1) is 14.9. The molecule has 0 atom stereocenters. The van der Waals surface area contributed by atoms with Crippen molar-refractivity contribution in [3.05, 3.63) is 93.9 Å². The van der Waals surface area contributed by atoms with Crippen molar-refractivity contribution < 1.29 is 10.2 Å². The van der Waals surface area contributed by atoms with Crippen LogP contribution in [0.3, 0.4) is 0 Å². The average molecular weight is 288 g/mol. The summed E-state index contributed by atoms with van der Waals surface area (Å²) in [4.78, 5) is 6.82. The van der Waals surface area contributed by atoms with Crippen LogP contribution in [0.1, 0.15) is 11.1 Å². The Balaban J connectivity index is 2.39. The van der Waals surface area contributed by atoms with Crippen LogP contribution in [-0.4, -0.2) is 10.2 Å². The molecule has 22 heavy (non-hydrogen) atoms. The molecule has 4 nitrogen and oxygen atoms in total. The van der Waals surface area contributed by atoms with Gasteiger partial charge in [-0.25, -0.2) is 0 Å². The number of phenolic OH excluding ortho intramolecular Hbond substituents is 2. The van der Waals surface area contributed by atoms with E-state index in [1.54, 1.807) is 36.4 Å². The third-order valence-electron chi connectivity index (χ3n) is 2.90. The predicted molar refractivity (Wildman–Crippen MR) is 85.4 cm³/mol. The molecule has 0 unspecified atom stereocenters. The lowest BCUT2D eigenvalue weighted by molar-refractivity contribution is 0.474. The Kier molecular flexibility index (Phi) is 4.59. The molecule has 0 amide bonds. The van der Waals surface area contributed by atoms with Gasteiger partial charge in [0.2, 0.25) is 0 Å². The van der Waals surface area contributed by atoms with Crippen LogP contribution < -0.4 is 0 Å². The van der Waals surface area contributed by atoms with Crippen LogP contribution in [0.5, 0.6) is 11.5 Å². The minimum absolute atomic E-state index is 0.145. The van der Waals surface area contributed by atoms with Crippen molar-refractivity contribution in [2.45, 2.75) is 0 Å². The van der Waals surface area contributed by atoms with E-state index in [1.165, 1.54) is 24.3 Å². The maximum absolute atomic E-state index is 9.26. The minimum atomic E-state index is 0.145. The molecule has 4 heteroatoms. The summed E-state index contributed by atoms with van der Waals surface area (Å²) in [6, 6.07) is 12.8. The third-order valence-corrected chi connectivity index (χ3v) is 2.90. The number of aromatic hydroxyl groups is 2. The fraction of sp³-hybridized carbons (Fsp3) is 0. The molecular weight excluding hydrogens is 276 g/mol. The monoisotopic (exact) mass is 288 g/mol. The van der Waals surface area contributed by atoms with Gasteiger partial charge >= 0.3 is 0 Å². The maximum atomic E-state index is 9.26. The van der Waals surface area contributed by atoms with Crippen LogP contribution >= 0.6 is 0 Å². The number of nitrogens with zero attached hydrogens (tertiary/aromatic N) is 2. The highest BCUT2D eigenvalue weighted by molar-refractivity contribution is 5.69. The van der Waals surface area contributed by atoms with Crippen molar-refractivity contribution >= 4 is 12.2 Å². The molecule has 0 fully saturated rings. The molecule has 0 saturated carbocycles. The lowest BCUT2D eigenvalue weighted by Crippen LogP contribution is -1.82. The average Bonchev–Trinajstić information content (AvgIpc) is 2.54. The highest BCUT2D eigenvalue weighted by Crippen LogP contribution is 2.22. The van der Waals surface area contributed by atoms with E-state index in [-0.39, 0.29) is 22.9 Å². The normalized spacial score (nSPS) is 11.5. The highest BCUT2D eigenvalue weighted by atomic mass is 16.3. The summed E-state index contributed by atoms with van der Waals surface area (Å²) in [5.41, 5.74) is 1.88. The molecule has 0 aliphatic carbocycles. The Morgan fingerprint density at radius 2 is 1.00 bits per heavy atom. The van der Waals surface area contributed by atoms with Gasteiger partial charge < -0.3 is 10.2 Å². The van der Waals surface area contributed by atoms with Gasteiger partial charge in [0, 0.05) is 0 Å². The van der Waals surface area contributed by atoms with E-state index < -0.39 is 0 Å². The van der Waals surface area contributed by atoms with E-state index in [2.05, 4.69) is 9.69 Å². The van der Waals surface area contributed by atoms with Gasteiger partial charge in [-0.05, 0) is 35.4 Å². The molecule has 2 aromatic carbocycles. The Bertz CT molecular complexity index is 731. The molecule has 2 rings (SSSR count). The first-order chi connectivity index (χ1) is 10.6. The summed E-state index contributed by atoms with van der Waals surface area (Å²) in [5.74, 6) is 0.290. The summed E-state index contributed by atoms with van der Waals surface area (Å²) >= 11 is 0. The smallest absolute Gasteiger partial charge is 0.195 e. The third kappa shape index (κ3) is 3.75. The molecule has 0 radical (unpaired) electrons. The van der Waals surface area contributed by atoms with Crippen molar-refractivity contribution in [2.75, 3.05) is 0 Å². The van der Waals surface area contributed by atoms with Crippen LogP contribution in [0, 0.1) is 13.1 Å². The van der Waals surface area contributed by atoms with Crippen molar-refractivity contribution in [1.29, 1.82) is 0 Å². The second kappa shape index (κ2) is 6.78. The van der Waals surface area contributed by atoms with Gasteiger partial charge in [0.05, 0.1) is 13.1 Å². The second-order valence-corrected chi connectivity index (χ2v) is 4.47. The van der Waals surface area contributed by atoms with Gasteiger partial charge in [0.15, 0.2) is 11.4 Å². The molecule has 0 aromatic heterocycles. The van der Waals surface area contributed by atoms with Gasteiger partial charge in [-0.15, -0.1) is 0 Å². The van der Waals surface area contributed by atoms with E-state index in [4.69, 9.17) is 13.1 Å². The quantitative estimate of drug-likeness (QED) is 0.653. The Labute approximate surface area is 128 Å². The SMILES string of the molecule is [C-]#[N+]C(=C\c1ccc(O)cc1)/C(=C/c1ccc(O)cc1)[N+]#[C-]. The molecule has 0 spiro atoms. The molecule has 2 aromatic rings. The van der Waals surface area contributed by atoms with Crippen LogP contribution in [-0.2, 0) is 0 Å². The number of hydrogen-bond acceptors (Lipinski definition) is 2. The topological polar surface area (TPSA) is 49.2 Å². The summed E-state index contributed by atoms with van der Waals surface area (Å²) in [6.45, 7) is 14.5. The van der Waals surface area contributed by atoms with Gasteiger partial charge in [-0.2, -0.15) is 0 Å². The largest absolute Gasteiger partial charge is 0.508 e. The highest BCUT2D eigenvalue weighted by Gasteiger charge is 2.06. The number of phenols is 2. The van der Waals surface area contributed by atoms with Crippen LogP contribution in [0.25, 0.3) is 21.8 Å². The lowest BCUT2D eigenvalue weighted by atomic mass is 10.1. The standard InChI is InChI=1S/C18H12N2O2/c1-19-17(11-13-3-7-15(21)8-4-13)18(20-2)12-14-5-9-16(22)10-6-14/h3-12,21-22H/b17-11-,18-12-. The predicted octanol–water partition coefficient (Wildman–Crippen LogP) is 4.32. The molecular formula is C18H12N2O2. The van der Waals surface area contributed by atoms with Crippen molar-refractivity contribution in [3.63, 3.8) is 0 Å². The second-order valence-electron chi connectivity index (χ2n) is 4.47. The molecule has 0 heterocycles. The Morgan fingerprint density at radius 1 is 0.682 bits per heavy atom. The van der Waals surface area contributed by atoms with E-state index in [0.717, 1.165) is 11.1 Å². The van der Waals surface area contributed by atoms with Crippen LogP contribution in [0.15, 0.2) is 59.9 Å². The van der Waals surface area contributed by atoms with E-state index in [1.807, 2.05) is 0 Å².